The Morgan fingerprint density at radius 2 is 1.70 bits per heavy atom. The summed E-state index contributed by atoms with van der Waals surface area (Å²) in [6.07, 6.45) is 20.4. The number of phenolic OH excluding ortho intramolecular Hbond substituents is 1. The average molecular weight is 697 g/mol. The van der Waals surface area contributed by atoms with Crippen molar-refractivity contribution in [3.05, 3.63) is 48.1 Å². The third kappa shape index (κ3) is 9.51. The third-order valence-corrected chi connectivity index (χ3v) is 11.2. The van der Waals surface area contributed by atoms with Crippen LogP contribution in [0, 0.1) is 17.8 Å². The summed E-state index contributed by atoms with van der Waals surface area (Å²) in [6.45, 7) is 6.70. The second-order valence-corrected chi connectivity index (χ2v) is 14.6. The van der Waals surface area contributed by atoms with E-state index in [4.69, 9.17) is 14.3 Å². The van der Waals surface area contributed by atoms with Gasteiger partial charge in [-0.1, -0.05) is 88.4 Å². The van der Waals surface area contributed by atoms with Crippen molar-refractivity contribution >= 4 is 11.6 Å². The molecule has 0 bridgehead atoms. The summed E-state index contributed by atoms with van der Waals surface area (Å²) in [5.41, 5.74) is 2.69. The molecule has 9 heteroatoms. The van der Waals surface area contributed by atoms with Crippen molar-refractivity contribution in [2.75, 3.05) is 34.0 Å². The Hall–Kier alpha value is -2.88. The van der Waals surface area contributed by atoms with Gasteiger partial charge in [0.15, 0.2) is 0 Å². The molecule has 280 valence electrons. The summed E-state index contributed by atoms with van der Waals surface area (Å²) in [5.74, 6) is -0.553. The van der Waals surface area contributed by atoms with Crippen LogP contribution < -0.4 is 4.74 Å². The highest BCUT2D eigenvalue weighted by molar-refractivity contribution is 6.03. The molecular weight excluding hydrogens is 632 g/mol. The molecule has 1 aromatic carbocycles. The minimum atomic E-state index is -1.24. The fraction of sp³-hybridized carbons (Fsp3) is 0.707. The molecule has 1 fully saturated rings. The molecule has 1 saturated carbocycles. The summed E-state index contributed by atoms with van der Waals surface area (Å²) >= 11 is 0. The van der Waals surface area contributed by atoms with Gasteiger partial charge in [-0.2, -0.15) is 0 Å². The van der Waals surface area contributed by atoms with Crippen molar-refractivity contribution in [3.63, 3.8) is 0 Å². The number of carbonyl (C=O) groups excluding carboxylic acids is 1. The lowest BCUT2D eigenvalue weighted by Gasteiger charge is -2.59. The number of likely N-dealkylation sites (N-methyl/N-ethyl adjacent to an activating group) is 1. The molecule has 9 nitrogen and oxygen atoms in total. The minimum Gasteiger partial charge on any atom is -0.508 e. The number of aliphatic hydroxyl groups excluding tert-OH is 2. The first-order valence-corrected chi connectivity index (χ1v) is 19.4. The Morgan fingerprint density at radius 1 is 1.02 bits per heavy atom. The smallest absolute Gasteiger partial charge is 0.239 e. The summed E-state index contributed by atoms with van der Waals surface area (Å²) < 4.78 is 13.9. The van der Waals surface area contributed by atoms with Crippen molar-refractivity contribution < 1.29 is 34.4 Å². The zero-order valence-corrected chi connectivity index (χ0v) is 31.0. The van der Waals surface area contributed by atoms with Gasteiger partial charge in [0.1, 0.15) is 24.7 Å². The Balaban J connectivity index is 1.73. The number of amides is 1. The molecule has 1 aliphatic heterocycles. The molecule has 1 aromatic rings. The normalized spacial score (nSPS) is 26.1. The average Bonchev–Trinajstić information content (AvgIpc) is 3.11. The van der Waals surface area contributed by atoms with Gasteiger partial charge >= 0.3 is 0 Å². The fourth-order valence-electron chi connectivity index (χ4n) is 8.78. The highest BCUT2D eigenvalue weighted by Crippen LogP contribution is 2.61. The van der Waals surface area contributed by atoms with Gasteiger partial charge in [0.2, 0.25) is 11.7 Å². The van der Waals surface area contributed by atoms with E-state index in [1.54, 1.807) is 19.3 Å². The van der Waals surface area contributed by atoms with Gasteiger partial charge in [0, 0.05) is 44.6 Å². The quantitative estimate of drug-likeness (QED) is 0.0602. The second-order valence-electron chi connectivity index (χ2n) is 14.6. The van der Waals surface area contributed by atoms with Crippen molar-refractivity contribution in [2.45, 2.75) is 134 Å². The van der Waals surface area contributed by atoms with E-state index < -0.39 is 11.8 Å². The molecular formula is C41H64N2O7. The van der Waals surface area contributed by atoms with Crippen molar-refractivity contribution in [3.8, 4) is 11.5 Å². The van der Waals surface area contributed by atoms with Crippen LogP contribution in [-0.4, -0.2) is 77.6 Å². The standard InChI is InChI=1S/C41H64N2O7/c1-5-7-8-9-10-11-12-13-14-21-38(47)43(3)37-29-35(42-48-4)33-27-30(19-15-17-24-44)32(20-16-18-25-45)39-34-28-31(46)22-23-36(34)50-41(37,40(33)39)49-26-6-2/h6,22-23,27-28,30,32,37,39-40,44-46H,2,5,7-21,24-26,29H2,1,3-4H3/t30-,32+,37-,39+,40+,41+/m0/s1. The van der Waals surface area contributed by atoms with Crippen LogP contribution in [0.15, 0.2) is 47.7 Å². The summed E-state index contributed by atoms with van der Waals surface area (Å²) in [5, 5.41) is 34.7. The highest BCUT2D eigenvalue weighted by atomic mass is 16.7. The third-order valence-electron chi connectivity index (χ3n) is 11.2. The molecule has 0 radical (unpaired) electrons. The van der Waals surface area contributed by atoms with Crippen LogP contribution in [0.1, 0.15) is 128 Å². The van der Waals surface area contributed by atoms with E-state index in [9.17, 15) is 20.1 Å². The molecule has 0 unspecified atom stereocenters. The number of hydrogen-bond acceptors (Lipinski definition) is 8. The fourth-order valence-corrected chi connectivity index (χ4v) is 8.78. The van der Waals surface area contributed by atoms with Gasteiger partial charge in [-0.15, -0.1) is 6.58 Å². The number of ether oxygens (including phenoxy) is 2. The highest BCUT2D eigenvalue weighted by Gasteiger charge is 2.65. The number of phenols is 1. The Bertz CT molecular complexity index is 1280. The molecule has 1 amide bonds. The number of unbranched alkanes of at least 4 members (excludes halogenated alkanes) is 10. The number of fused-ring (bicyclic) bond motifs is 2. The number of oxime groups is 1. The second kappa shape index (κ2) is 20.2. The lowest BCUT2D eigenvalue weighted by molar-refractivity contribution is -0.255. The van der Waals surface area contributed by atoms with Gasteiger partial charge < -0.3 is 34.5 Å². The zero-order chi connectivity index (χ0) is 35.9. The van der Waals surface area contributed by atoms with Crippen LogP contribution in [0.2, 0.25) is 0 Å². The number of nitrogens with zero attached hydrogens (tertiary/aromatic N) is 2. The van der Waals surface area contributed by atoms with Gasteiger partial charge in [0.25, 0.3) is 0 Å². The maximum atomic E-state index is 14.0. The number of rotatable bonds is 23. The number of benzene rings is 1. The van der Waals surface area contributed by atoms with Crippen LogP contribution in [0.3, 0.4) is 0 Å². The number of carbonyl (C=O) groups is 1. The maximum absolute atomic E-state index is 14.0. The van der Waals surface area contributed by atoms with Crippen LogP contribution >= 0.6 is 0 Å². The number of allylic oxidation sites excluding steroid dienone is 1. The number of aromatic hydroxyl groups is 1. The van der Waals surface area contributed by atoms with E-state index in [2.05, 4.69) is 24.7 Å². The topological polar surface area (TPSA) is 121 Å². The van der Waals surface area contributed by atoms with Crippen molar-refractivity contribution in [1.82, 2.24) is 4.90 Å². The molecule has 0 spiro atoms. The van der Waals surface area contributed by atoms with E-state index in [-0.39, 0.29) is 55.1 Å². The largest absolute Gasteiger partial charge is 0.508 e. The van der Waals surface area contributed by atoms with Gasteiger partial charge in [0.05, 0.1) is 18.2 Å². The first-order valence-electron chi connectivity index (χ1n) is 19.4. The Morgan fingerprint density at radius 3 is 2.36 bits per heavy atom. The predicted octanol–water partition coefficient (Wildman–Crippen LogP) is 8.03. The van der Waals surface area contributed by atoms with Crippen LogP contribution in [-0.2, 0) is 14.4 Å². The first kappa shape index (κ1) is 39.9. The molecule has 0 saturated heterocycles. The predicted molar refractivity (Wildman–Crippen MR) is 198 cm³/mol. The van der Waals surface area contributed by atoms with Gasteiger partial charge in [-0.05, 0) is 67.7 Å². The summed E-state index contributed by atoms with van der Waals surface area (Å²) in [7, 11) is 3.42. The molecule has 4 rings (SSSR count). The Labute approximate surface area is 300 Å². The van der Waals surface area contributed by atoms with E-state index >= 15 is 0 Å². The molecule has 2 aliphatic carbocycles. The van der Waals surface area contributed by atoms with E-state index in [1.807, 2.05) is 24.1 Å². The molecule has 50 heavy (non-hydrogen) atoms. The molecule has 3 N–H and O–H groups in total. The van der Waals surface area contributed by atoms with Crippen molar-refractivity contribution in [2.24, 2.45) is 22.9 Å². The minimum absolute atomic E-state index is 0.0533. The summed E-state index contributed by atoms with van der Waals surface area (Å²) in [6, 6.07) is 4.79. The van der Waals surface area contributed by atoms with E-state index in [0.29, 0.717) is 25.0 Å². The lowest BCUT2D eigenvalue weighted by atomic mass is 9.55. The molecule has 3 aliphatic rings. The number of aliphatic hydroxyl groups is 2. The van der Waals surface area contributed by atoms with E-state index in [0.717, 1.165) is 68.2 Å². The van der Waals surface area contributed by atoms with Crippen LogP contribution in [0.25, 0.3) is 0 Å². The molecule has 6 atom stereocenters. The number of hydrogen-bond donors (Lipinski definition) is 3. The van der Waals surface area contributed by atoms with Crippen LogP contribution in [0.5, 0.6) is 11.5 Å². The van der Waals surface area contributed by atoms with Gasteiger partial charge in [-0.25, -0.2) is 0 Å². The zero-order valence-electron chi connectivity index (χ0n) is 31.0. The lowest BCUT2D eigenvalue weighted by Crippen LogP contribution is -2.69. The maximum Gasteiger partial charge on any atom is 0.239 e. The summed E-state index contributed by atoms with van der Waals surface area (Å²) in [4.78, 5) is 21.3. The SMILES string of the molecule is C=CCO[C@@]12Oc3ccc(O)cc3[C@H]3[C@H](CCCCO)[C@@H](CCCCO)C=C(C(=NOC)C[C@@H]1N(C)C(=O)CCCCCCCCCCC)[C@H]32. The molecule has 1 heterocycles. The molecule has 0 aromatic heterocycles. The van der Waals surface area contributed by atoms with Gasteiger partial charge in [-0.3, -0.25) is 4.79 Å². The van der Waals surface area contributed by atoms with Crippen LogP contribution in [0.4, 0.5) is 0 Å². The van der Waals surface area contributed by atoms with E-state index in [1.165, 1.54) is 38.5 Å². The van der Waals surface area contributed by atoms with Crippen molar-refractivity contribution in [1.29, 1.82) is 0 Å². The first-order chi connectivity index (χ1) is 24.4. The Kier molecular flexibility index (Phi) is 16.1. The monoisotopic (exact) mass is 696 g/mol.